The Morgan fingerprint density at radius 1 is 1.28 bits per heavy atom. The number of carbonyl (C=O) groups is 1. The lowest BCUT2D eigenvalue weighted by atomic mass is 10.2. The van der Waals surface area contributed by atoms with Gasteiger partial charge in [0.25, 0.3) is 6.47 Å². The Kier molecular flexibility index (Phi) is 4.92. The Morgan fingerprint density at radius 3 is 2.44 bits per heavy atom. The summed E-state index contributed by atoms with van der Waals surface area (Å²) in [5, 5.41) is 10.1. The highest BCUT2D eigenvalue weighted by Crippen LogP contribution is 2.13. The Hall–Kier alpha value is -1.81. The monoisotopic (exact) mass is 249 g/mol. The van der Waals surface area contributed by atoms with Gasteiger partial charge in [-0.15, -0.1) is 0 Å². The van der Waals surface area contributed by atoms with Crippen LogP contribution in [0.4, 0.5) is 0 Å². The number of aliphatic hydroxyl groups excluding tert-OH is 1. The summed E-state index contributed by atoms with van der Waals surface area (Å²) in [7, 11) is 0. The summed E-state index contributed by atoms with van der Waals surface area (Å²) >= 11 is 0. The number of fused-ring (bicyclic) bond motifs is 1. The van der Waals surface area contributed by atoms with Crippen LogP contribution in [0.1, 0.15) is 20.8 Å². The first-order valence-electron chi connectivity index (χ1n) is 5.74. The van der Waals surface area contributed by atoms with Crippen LogP contribution in [-0.2, 0) is 16.3 Å². The third kappa shape index (κ3) is 4.22. The minimum Gasteiger partial charge on any atom is -0.462 e. The Bertz CT molecular complexity index is 497. The van der Waals surface area contributed by atoms with Crippen LogP contribution in [0.25, 0.3) is 10.9 Å². The third-order valence-electron chi connectivity index (χ3n) is 2.23. The molecule has 1 aromatic heterocycles. The zero-order chi connectivity index (χ0) is 13.6. The summed E-state index contributed by atoms with van der Waals surface area (Å²) in [5.74, 6) is 0. The van der Waals surface area contributed by atoms with Gasteiger partial charge >= 0.3 is 0 Å². The van der Waals surface area contributed by atoms with Gasteiger partial charge in [-0.05, 0) is 38.3 Å². The van der Waals surface area contributed by atoms with Crippen molar-refractivity contribution >= 4 is 17.4 Å². The highest BCUT2D eigenvalue weighted by atomic mass is 16.5. The van der Waals surface area contributed by atoms with E-state index < -0.39 is 0 Å². The van der Waals surface area contributed by atoms with E-state index in [-0.39, 0.29) is 12.3 Å². The molecule has 0 saturated heterocycles. The van der Waals surface area contributed by atoms with E-state index >= 15 is 0 Å². The zero-order valence-corrected chi connectivity index (χ0v) is 11.0. The number of hydrogen-bond donors (Lipinski definition) is 1. The summed E-state index contributed by atoms with van der Waals surface area (Å²) in [6, 6.07) is 9.97. The second-order valence-electron chi connectivity index (χ2n) is 4.81. The van der Waals surface area contributed by atoms with Gasteiger partial charge in [-0.2, -0.15) is 0 Å². The molecule has 4 nitrogen and oxygen atoms in total. The van der Waals surface area contributed by atoms with Gasteiger partial charge in [-0.1, -0.05) is 18.2 Å². The minimum absolute atomic E-state index is 0.0491. The molecule has 0 radical (unpaired) electrons. The molecule has 0 saturated carbocycles. The van der Waals surface area contributed by atoms with Gasteiger partial charge in [0.15, 0.2) is 0 Å². The van der Waals surface area contributed by atoms with E-state index in [9.17, 15) is 4.79 Å². The summed E-state index contributed by atoms with van der Waals surface area (Å²) in [5.41, 5.74) is 0.761. The van der Waals surface area contributed by atoms with Crippen LogP contribution in [0.5, 0.6) is 0 Å². The molecule has 0 aliphatic carbocycles. The molecule has 0 fully saturated rings. The van der Waals surface area contributed by atoms with Gasteiger partial charge in [-0.3, -0.25) is 4.79 Å². The van der Waals surface area contributed by atoms with Crippen molar-refractivity contribution < 1.29 is 14.6 Å². The number of aromatic nitrogens is 1. The molecular formula is C14H19NO3. The van der Waals surface area contributed by atoms with Crippen LogP contribution < -0.4 is 0 Å². The van der Waals surface area contributed by atoms with Crippen molar-refractivity contribution in [1.29, 1.82) is 0 Å². The largest absolute Gasteiger partial charge is 0.462 e. The van der Waals surface area contributed by atoms with E-state index in [0.717, 1.165) is 5.52 Å². The molecule has 2 aromatic rings. The first-order valence-corrected chi connectivity index (χ1v) is 5.74. The van der Waals surface area contributed by atoms with Crippen molar-refractivity contribution in [2.75, 3.05) is 0 Å². The molecular weight excluding hydrogens is 230 g/mol. The second-order valence-corrected chi connectivity index (χ2v) is 4.81. The van der Waals surface area contributed by atoms with E-state index in [1.165, 1.54) is 5.39 Å². The van der Waals surface area contributed by atoms with Crippen molar-refractivity contribution in [3.63, 3.8) is 0 Å². The van der Waals surface area contributed by atoms with Gasteiger partial charge < -0.3 is 14.4 Å². The highest BCUT2D eigenvalue weighted by molar-refractivity contribution is 5.79. The normalized spacial score (nSPS) is 10.7. The predicted molar refractivity (Wildman–Crippen MR) is 71.1 cm³/mol. The van der Waals surface area contributed by atoms with Crippen molar-refractivity contribution in [1.82, 2.24) is 4.57 Å². The third-order valence-corrected chi connectivity index (χ3v) is 2.23. The Balaban J connectivity index is 0.000000203. The van der Waals surface area contributed by atoms with E-state index in [1.807, 2.05) is 57.3 Å². The van der Waals surface area contributed by atoms with E-state index in [2.05, 4.69) is 4.74 Å². The predicted octanol–water partition coefficient (Wildman–Crippen LogP) is 2.55. The maximum absolute atomic E-state index is 9.60. The molecule has 2 rings (SSSR count). The highest BCUT2D eigenvalue weighted by Gasteiger charge is 2.07. The molecule has 0 bridgehead atoms. The quantitative estimate of drug-likeness (QED) is 0.832. The number of hydrogen-bond acceptors (Lipinski definition) is 3. The lowest BCUT2D eigenvalue weighted by molar-refractivity contribution is -0.138. The molecule has 1 heterocycles. The lowest BCUT2D eigenvalue weighted by Gasteiger charge is -2.14. The maximum Gasteiger partial charge on any atom is 0.293 e. The van der Waals surface area contributed by atoms with Gasteiger partial charge in [-0.25, -0.2) is 0 Å². The number of carbonyl (C=O) groups excluding carboxylic acids is 1. The van der Waals surface area contributed by atoms with Gasteiger partial charge in [0.2, 0.25) is 0 Å². The van der Waals surface area contributed by atoms with E-state index in [0.29, 0.717) is 6.47 Å². The van der Waals surface area contributed by atoms with Crippen molar-refractivity contribution in [3.05, 3.63) is 36.5 Å². The first kappa shape index (κ1) is 14.3. The standard InChI is InChI=1S/C9H9NO.C5H10O2/c11-7-10-6-5-8-3-1-2-4-9(8)10;1-5(2,3)7-4-6/h1-6,11H,7H2;4H,1-3H3. The molecule has 4 heteroatoms. The van der Waals surface area contributed by atoms with Crippen LogP contribution in [0.3, 0.4) is 0 Å². The zero-order valence-electron chi connectivity index (χ0n) is 11.0. The van der Waals surface area contributed by atoms with E-state index in [1.54, 1.807) is 4.57 Å². The lowest BCUT2D eigenvalue weighted by Crippen LogP contribution is -2.17. The number of para-hydroxylation sites is 1. The average Bonchev–Trinajstić information content (AvgIpc) is 2.71. The number of aliphatic hydroxyl groups is 1. The maximum atomic E-state index is 9.60. The van der Waals surface area contributed by atoms with Crippen LogP contribution in [-0.4, -0.2) is 21.7 Å². The molecule has 0 spiro atoms. The molecule has 0 amide bonds. The summed E-state index contributed by atoms with van der Waals surface area (Å²) in [6.45, 7) is 5.97. The number of benzene rings is 1. The molecule has 0 aliphatic rings. The van der Waals surface area contributed by atoms with E-state index in [4.69, 9.17) is 5.11 Å². The fourth-order valence-corrected chi connectivity index (χ4v) is 1.41. The number of nitrogens with zero attached hydrogens (tertiary/aromatic N) is 1. The topological polar surface area (TPSA) is 51.5 Å². The van der Waals surface area contributed by atoms with Gasteiger partial charge in [0, 0.05) is 11.7 Å². The molecule has 18 heavy (non-hydrogen) atoms. The fourth-order valence-electron chi connectivity index (χ4n) is 1.41. The van der Waals surface area contributed by atoms with Crippen LogP contribution in [0.15, 0.2) is 36.5 Å². The number of ether oxygens (including phenoxy) is 1. The summed E-state index contributed by atoms with van der Waals surface area (Å²) < 4.78 is 6.35. The Labute approximate surface area is 107 Å². The number of rotatable bonds is 2. The molecule has 0 aliphatic heterocycles. The molecule has 98 valence electrons. The SMILES string of the molecule is CC(C)(C)OC=O.OCn1ccc2ccccc21. The van der Waals surface area contributed by atoms with Gasteiger partial charge in [0.05, 0.1) is 0 Å². The smallest absolute Gasteiger partial charge is 0.293 e. The summed E-state index contributed by atoms with van der Waals surface area (Å²) in [4.78, 5) is 9.60. The molecule has 0 atom stereocenters. The average molecular weight is 249 g/mol. The Morgan fingerprint density at radius 2 is 1.94 bits per heavy atom. The van der Waals surface area contributed by atoms with Crippen molar-refractivity contribution in [2.24, 2.45) is 0 Å². The van der Waals surface area contributed by atoms with Crippen LogP contribution in [0, 0.1) is 0 Å². The molecule has 1 aromatic carbocycles. The van der Waals surface area contributed by atoms with Crippen LogP contribution >= 0.6 is 0 Å². The summed E-state index contributed by atoms with van der Waals surface area (Å²) in [6.07, 6.45) is 1.88. The van der Waals surface area contributed by atoms with Crippen molar-refractivity contribution in [3.8, 4) is 0 Å². The van der Waals surface area contributed by atoms with Gasteiger partial charge in [0.1, 0.15) is 12.3 Å². The van der Waals surface area contributed by atoms with Crippen LogP contribution in [0.2, 0.25) is 0 Å². The first-order chi connectivity index (χ1) is 8.48. The van der Waals surface area contributed by atoms with Crippen molar-refractivity contribution in [2.45, 2.75) is 33.1 Å². The molecule has 1 N–H and O–H groups in total. The second kappa shape index (κ2) is 6.21. The fraction of sp³-hybridized carbons (Fsp3) is 0.357. The molecule has 0 unspecified atom stereocenters. The minimum atomic E-state index is -0.318.